The van der Waals surface area contributed by atoms with E-state index in [1.165, 1.54) is 6.42 Å². The molecule has 0 bridgehead atoms. The summed E-state index contributed by atoms with van der Waals surface area (Å²) >= 11 is 0. The average Bonchev–Trinajstić information content (AvgIpc) is 2.34. The summed E-state index contributed by atoms with van der Waals surface area (Å²) in [5, 5.41) is 7.16. The van der Waals surface area contributed by atoms with Gasteiger partial charge in [0.25, 0.3) is 0 Å². The summed E-state index contributed by atoms with van der Waals surface area (Å²) < 4.78 is 0. The van der Waals surface area contributed by atoms with Crippen molar-refractivity contribution in [2.75, 3.05) is 0 Å². The Morgan fingerprint density at radius 1 is 1.56 bits per heavy atom. The standard InChI is InChI=1S/C6H9N3/c1-2-3-4-6-5-7-9-8-6/h2-4H2,1H3. The zero-order chi connectivity index (χ0) is 6.53. The maximum absolute atomic E-state index is 3.74. The van der Waals surface area contributed by atoms with Crippen molar-refractivity contribution in [2.45, 2.75) is 26.2 Å². The van der Waals surface area contributed by atoms with E-state index in [2.05, 4.69) is 28.9 Å². The van der Waals surface area contributed by atoms with Crippen molar-refractivity contribution in [1.29, 1.82) is 0 Å². The first-order valence-corrected chi connectivity index (χ1v) is 3.16. The summed E-state index contributed by atoms with van der Waals surface area (Å²) in [6, 6.07) is 0. The van der Waals surface area contributed by atoms with Crippen molar-refractivity contribution in [3.05, 3.63) is 11.9 Å². The maximum Gasteiger partial charge on any atom is 0.140 e. The molecule has 48 valence electrons. The monoisotopic (exact) mass is 123 g/mol. The lowest BCUT2D eigenvalue weighted by molar-refractivity contribution is 0.777. The van der Waals surface area contributed by atoms with Crippen LogP contribution < -0.4 is 5.43 Å². The third-order valence-corrected chi connectivity index (χ3v) is 1.16. The zero-order valence-corrected chi connectivity index (χ0v) is 5.46. The Labute approximate surface area is 54.8 Å². The SMILES string of the molecule is CCCCC1=[C][N]N=N1. The van der Waals surface area contributed by atoms with E-state index in [1.807, 2.05) is 0 Å². The van der Waals surface area contributed by atoms with Crippen LogP contribution in [0.3, 0.4) is 0 Å². The van der Waals surface area contributed by atoms with E-state index < -0.39 is 0 Å². The average molecular weight is 123 g/mol. The maximum atomic E-state index is 3.74. The molecule has 1 aliphatic heterocycles. The molecule has 1 aliphatic rings. The van der Waals surface area contributed by atoms with Gasteiger partial charge in [-0.2, -0.15) is 0 Å². The van der Waals surface area contributed by atoms with E-state index in [-0.39, 0.29) is 0 Å². The fourth-order valence-corrected chi connectivity index (χ4v) is 0.629. The van der Waals surface area contributed by atoms with Crippen LogP contribution >= 0.6 is 0 Å². The fraction of sp³-hybridized carbons (Fsp3) is 0.667. The van der Waals surface area contributed by atoms with Crippen LogP contribution in [0.4, 0.5) is 0 Å². The van der Waals surface area contributed by atoms with E-state index in [0.717, 1.165) is 18.5 Å². The van der Waals surface area contributed by atoms with Gasteiger partial charge in [-0.15, -0.1) is 10.5 Å². The first kappa shape index (κ1) is 6.26. The Morgan fingerprint density at radius 2 is 2.44 bits per heavy atom. The van der Waals surface area contributed by atoms with Crippen LogP contribution in [0.2, 0.25) is 0 Å². The molecule has 9 heavy (non-hydrogen) atoms. The number of hydrogen-bond donors (Lipinski definition) is 0. The van der Waals surface area contributed by atoms with E-state index in [0.29, 0.717) is 0 Å². The van der Waals surface area contributed by atoms with E-state index in [9.17, 15) is 0 Å². The van der Waals surface area contributed by atoms with Gasteiger partial charge in [-0.1, -0.05) is 13.3 Å². The number of allylic oxidation sites excluding steroid dienone is 1. The minimum atomic E-state index is 0.886. The van der Waals surface area contributed by atoms with Crippen molar-refractivity contribution in [3.63, 3.8) is 0 Å². The predicted molar refractivity (Wildman–Crippen MR) is 33.3 cm³/mol. The second-order valence-electron chi connectivity index (χ2n) is 1.95. The molecule has 0 N–H and O–H groups in total. The molecule has 0 aromatic carbocycles. The normalized spacial score (nSPS) is 15.4. The number of nitrogens with zero attached hydrogens (tertiary/aromatic N) is 3. The summed E-state index contributed by atoms with van der Waals surface area (Å²) in [6.07, 6.45) is 5.99. The topological polar surface area (TPSA) is 38.8 Å². The van der Waals surface area contributed by atoms with Gasteiger partial charge in [-0.05, 0) is 18.1 Å². The number of rotatable bonds is 3. The molecule has 0 fully saturated rings. The summed E-state index contributed by atoms with van der Waals surface area (Å²) in [5.74, 6) is 0. The molecule has 0 amide bonds. The van der Waals surface area contributed by atoms with Crippen LogP contribution in [0.25, 0.3) is 0 Å². The highest BCUT2D eigenvalue weighted by Crippen LogP contribution is 2.10. The molecule has 0 saturated carbocycles. The Kier molecular flexibility index (Phi) is 2.24. The molecule has 1 rings (SSSR count). The van der Waals surface area contributed by atoms with E-state index >= 15 is 0 Å². The third kappa shape index (κ3) is 1.83. The van der Waals surface area contributed by atoms with Crippen molar-refractivity contribution in [3.8, 4) is 0 Å². The van der Waals surface area contributed by atoms with Gasteiger partial charge in [-0.3, -0.25) is 0 Å². The van der Waals surface area contributed by atoms with Crippen molar-refractivity contribution >= 4 is 0 Å². The smallest absolute Gasteiger partial charge is 0.133 e. The van der Waals surface area contributed by atoms with Gasteiger partial charge in [0.15, 0.2) is 0 Å². The molecule has 0 unspecified atom stereocenters. The summed E-state index contributed by atoms with van der Waals surface area (Å²) in [5.41, 5.74) is 4.37. The zero-order valence-electron chi connectivity index (χ0n) is 5.46. The molecule has 0 saturated heterocycles. The van der Waals surface area contributed by atoms with Crippen LogP contribution in [0.5, 0.6) is 0 Å². The molecule has 3 nitrogen and oxygen atoms in total. The van der Waals surface area contributed by atoms with Crippen LogP contribution in [0.15, 0.2) is 16.0 Å². The van der Waals surface area contributed by atoms with Gasteiger partial charge in [0.2, 0.25) is 0 Å². The van der Waals surface area contributed by atoms with Crippen LogP contribution in [0.1, 0.15) is 26.2 Å². The highest BCUT2D eigenvalue weighted by molar-refractivity contribution is 4.93. The molecular formula is C6H9N3. The summed E-state index contributed by atoms with van der Waals surface area (Å²) in [4.78, 5) is 0. The molecular weight excluding hydrogens is 114 g/mol. The lowest BCUT2D eigenvalue weighted by Crippen LogP contribution is -1.78. The molecule has 0 aliphatic carbocycles. The number of unbranched alkanes of at least 4 members (excludes halogenated alkanes) is 1. The minimum Gasteiger partial charge on any atom is -0.133 e. The lowest BCUT2D eigenvalue weighted by atomic mass is 10.2. The Bertz CT molecular complexity index is 137. The van der Waals surface area contributed by atoms with Crippen LogP contribution in [-0.2, 0) is 0 Å². The number of hydrogen-bond acceptors (Lipinski definition) is 2. The summed E-state index contributed by atoms with van der Waals surface area (Å²) in [6.45, 7) is 2.14. The molecule has 1 heterocycles. The second-order valence-corrected chi connectivity index (χ2v) is 1.95. The predicted octanol–water partition coefficient (Wildman–Crippen LogP) is 1.81. The Balaban J connectivity index is 2.19. The first-order chi connectivity index (χ1) is 4.43. The van der Waals surface area contributed by atoms with Crippen LogP contribution in [0, 0.1) is 6.20 Å². The Hall–Kier alpha value is -0.860. The molecule has 2 radical (unpaired) electrons. The van der Waals surface area contributed by atoms with Gasteiger partial charge in [-0.25, -0.2) is 0 Å². The summed E-state index contributed by atoms with van der Waals surface area (Å²) in [7, 11) is 0. The quantitative estimate of drug-likeness (QED) is 0.549. The van der Waals surface area contributed by atoms with Crippen molar-refractivity contribution < 1.29 is 0 Å². The largest absolute Gasteiger partial charge is 0.140 e. The highest BCUT2D eigenvalue weighted by atomic mass is 15.4. The van der Waals surface area contributed by atoms with Crippen molar-refractivity contribution in [1.82, 2.24) is 5.43 Å². The highest BCUT2D eigenvalue weighted by Gasteiger charge is 2.00. The second kappa shape index (κ2) is 3.22. The Morgan fingerprint density at radius 3 is 3.00 bits per heavy atom. The van der Waals surface area contributed by atoms with Gasteiger partial charge >= 0.3 is 0 Å². The van der Waals surface area contributed by atoms with Gasteiger partial charge in [0.1, 0.15) is 6.20 Å². The van der Waals surface area contributed by atoms with E-state index in [1.54, 1.807) is 0 Å². The first-order valence-electron chi connectivity index (χ1n) is 3.16. The van der Waals surface area contributed by atoms with E-state index in [4.69, 9.17) is 0 Å². The fourth-order valence-electron chi connectivity index (χ4n) is 0.629. The van der Waals surface area contributed by atoms with Crippen molar-refractivity contribution in [2.24, 2.45) is 10.3 Å². The lowest BCUT2D eigenvalue weighted by Gasteiger charge is -1.89. The van der Waals surface area contributed by atoms with Gasteiger partial charge < -0.3 is 0 Å². The van der Waals surface area contributed by atoms with Crippen LogP contribution in [-0.4, -0.2) is 0 Å². The molecule has 3 heteroatoms. The molecule has 0 atom stereocenters. The minimum absolute atomic E-state index is 0.886. The molecule has 0 aromatic rings. The van der Waals surface area contributed by atoms with Gasteiger partial charge in [0, 0.05) is 0 Å². The molecule has 0 aromatic heterocycles. The molecule has 0 spiro atoms. The van der Waals surface area contributed by atoms with Gasteiger partial charge in [0.05, 0.1) is 5.70 Å². The third-order valence-electron chi connectivity index (χ3n) is 1.16.